The Balaban J connectivity index is 1.51. The summed E-state index contributed by atoms with van der Waals surface area (Å²) in [4.78, 5) is 42.6. The second-order valence-corrected chi connectivity index (χ2v) is 7.61. The lowest BCUT2D eigenvalue weighted by Crippen LogP contribution is -2.47. The number of alkyl carbamates (subject to hydrolysis) is 1. The van der Waals surface area contributed by atoms with Crippen LogP contribution in [0.3, 0.4) is 0 Å². The Bertz CT molecular complexity index is 917. The van der Waals surface area contributed by atoms with Crippen molar-refractivity contribution in [3.8, 4) is 0 Å². The Kier molecular flexibility index (Phi) is 9.01. The van der Waals surface area contributed by atoms with Gasteiger partial charge in [-0.25, -0.2) is 9.78 Å². The van der Waals surface area contributed by atoms with Gasteiger partial charge in [0.25, 0.3) is 0 Å². The van der Waals surface area contributed by atoms with Gasteiger partial charge in [0.2, 0.25) is 11.8 Å². The number of ether oxygens (including phenoxy) is 2. The van der Waals surface area contributed by atoms with Gasteiger partial charge in [-0.15, -0.1) is 0 Å². The summed E-state index contributed by atoms with van der Waals surface area (Å²) in [6.07, 6.45) is 0.966. The molecule has 0 saturated carbocycles. The summed E-state index contributed by atoms with van der Waals surface area (Å²) >= 11 is 0. The van der Waals surface area contributed by atoms with Gasteiger partial charge in [0.15, 0.2) is 0 Å². The molecule has 4 N–H and O–H groups in total. The van der Waals surface area contributed by atoms with Crippen molar-refractivity contribution in [1.29, 1.82) is 0 Å². The first-order chi connectivity index (χ1) is 16.0. The molecule has 3 amide bonds. The van der Waals surface area contributed by atoms with Gasteiger partial charge in [-0.3, -0.25) is 9.59 Å². The molecule has 3 rings (SSSR count). The number of nitrogens with one attached hydrogen (secondary N) is 2. The van der Waals surface area contributed by atoms with Crippen LogP contribution in [0.4, 0.5) is 10.6 Å². The molecule has 0 radical (unpaired) electrons. The van der Waals surface area contributed by atoms with E-state index in [-0.39, 0.29) is 26.0 Å². The molecule has 0 bridgehead atoms. The van der Waals surface area contributed by atoms with Crippen LogP contribution in [-0.4, -0.2) is 55.2 Å². The zero-order chi connectivity index (χ0) is 23.5. The largest absolute Gasteiger partial charge is 0.445 e. The fourth-order valence-corrected chi connectivity index (χ4v) is 3.28. The maximum Gasteiger partial charge on any atom is 0.408 e. The first-order valence-corrected chi connectivity index (χ1v) is 10.8. The predicted molar refractivity (Wildman–Crippen MR) is 121 cm³/mol. The number of carbonyl (C=O) groups is 3. The van der Waals surface area contributed by atoms with E-state index in [1.807, 2.05) is 42.5 Å². The number of benzene rings is 1. The standard InChI is InChI=1S/C23H29N5O5/c24-20(29)8-7-19(27-23(31)33-16-17-4-2-1-3-5-17)22(30)26-15-18-6-9-21(25-14-18)28-10-12-32-13-11-28/h1-6,9,14,19H,7-8,10-13,15-16H2,(H2,24,29)(H,26,30)(H,27,31). The van der Waals surface area contributed by atoms with Crippen molar-refractivity contribution in [1.82, 2.24) is 15.6 Å². The van der Waals surface area contributed by atoms with Crippen molar-refractivity contribution in [2.24, 2.45) is 5.73 Å². The quantitative estimate of drug-likeness (QED) is 0.488. The van der Waals surface area contributed by atoms with Gasteiger partial charge in [0, 0.05) is 32.3 Å². The first-order valence-electron chi connectivity index (χ1n) is 10.8. The Morgan fingerprint density at radius 2 is 1.85 bits per heavy atom. The SMILES string of the molecule is NC(=O)CCC(NC(=O)OCc1ccccc1)C(=O)NCc1ccc(N2CCOCC2)nc1. The number of hydrogen-bond acceptors (Lipinski definition) is 7. The molecule has 33 heavy (non-hydrogen) atoms. The Morgan fingerprint density at radius 1 is 1.09 bits per heavy atom. The number of carbonyl (C=O) groups excluding carboxylic acids is 3. The average Bonchev–Trinajstić information content (AvgIpc) is 2.85. The summed E-state index contributed by atoms with van der Waals surface area (Å²) in [5, 5.41) is 5.28. The third kappa shape index (κ3) is 8.08. The molecule has 1 aliphatic heterocycles. The molecular formula is C23H29N5O5. The van der Waals surface area contributed by atoms with E-state index in [4.69, 9.17) is 15.2 Å². The number of amides is 3. The summed E-state index contributed by atoms with van der Waals surface area (Å²) in [5.74, 6) is -0.143. The molecule has 1 aromatic heterocycles. The zero-order valence-corrected chi connectivity index (χ0v) is 18.4. The van der Waals surface area contributed by atoms with Crippen LogP contribution in [0.5, 0.6) is 0 Å². The molecule has 2 aromatic rings. The van der Waals surface area contributed by atoms with Crippen molar-refractivity contribution >= 4 is 23.7 Å². The molecule has 1 unspecified atom stereocenters. The number of rotatable bonds is 10. The number of nitrogens with zero attached hydrogens (tertiary/aromatic N) is 2. The van der Waals surface area contributed by atoms with Crippen molar-refractivity contribution < 1.29 is 23.9 Å². The molecule has 1 aromatic carbocycles. The lowest BCUT2D eigenvalue weighted by Gasteiger charge is -2.27. The van der Waals surface area contributed by atoms with E-state index in [0.29, 0.717) is 13.2 Å². The molecule has 10 nitrogen and oxygen atoms in total. The second kappa shape index (κ2) is 12.4. The number of nitrogens with two attached hydrogens (primary N) is 1. The summed E-state index contributed by atoms with van der Waals surface area (Å²) < 4.78 is 10.5. The zero-order valence-electron chi connectivity index (χ0n) is 18.4. The number of aromatic nitrogens is 1. The number of primary amides is 1. The normalized spacial score (nSPS) is 14.2. The fraction of sp³-hybridized carbons (Fsp3) is 0.391. The number of morpholine rings is 1. The van der Waals surface area contributed by atoms with Crippen LogP contribution in [0.15, 0.2) is 48.7 Å². The first kappa shape index (κ1) is 24.0. The van der Waals surface area contributed by atoms with E-state index in [9.17, 15) is 14.4 Å². The van der Waals surface area contributed by atoms with Gasteiger partial charge in [0.05, 0.1) is 13.2 Å². The molecule has 1 saturated heterocycles. The van der Waals surface area contributed by atoms with E-state index in [1.54, 1.807) is 6.20 Å². The summed E-state index contributed by atoms with van der Waals surface area (Å²) in [6.45, 7) is 3.22. The smallest absolute Gasteiger partial charge is 0.408 e. The van der Waals surface area contributed by atoms with Gasteiger partial charge in [-0.1, -0.05) is 36.4 Å². The molecule has 0 spiro atoms. The molecular weight excluding hydrogens is 426 g/mol. The topological polar surface area (TPSA) is 136 Å². The van der Waals surface area contributed by atoms with Gasteiger partial charge in [0.1, 0.15) is 18.5 Å². The molecule has 1 aliphatic rings. The van der Waals surface area contributed by atoms with E-state index in [0.717, 1.165) is 30.0 Å². The highest BCUT2D eigenvalue weighted by Crippen LogP contribution is 2.13. The Hall–Kier alpha value is -3.66. The highest BCUT2D eigenvalue weighted by molar-refractivity contribution is 5.86. The van der Waals surface area contributed by atoms with Crippen LogP contribution in [0.2, 0.25) is 0 Å². The van der Waals surface area contributed by atoms with Crippen LogP contribution >= 0.6 is 0 Å². The minimum atomic E-state index is -0.957. The van der Waals surface area contributed by atoms with Crippen molar-refractivity contribution in [3.63, 3.8) is 0 Å². The summed E-state index contributed by atoms with van der Waals surface area (Å²) in [6, 6.07) is 12.0. The van der Waals surface area contributed by atoms with Gasteiger partial charge >= 0.3 is 6.09 Å². The van der Waals surface area contributed by atoms with E-state index >= 15 is 0 Å². The maximum atomic E-state index is 12.7. The maximum absolute atomic E-state index is 12.7. The molecule has 0 aliphatic carbocycles. The van der Waals surface area contributed by atoms with E-state index in [2.05, 4.69) is 20.5 Å². The highest BCUT2D eigenvalue weighted by Gasteiger charge is 2.22. The van der Waals surface area contributed by atoms with Crippen molar-refractivity contribution in [2.75, 3.05) is 31.2 Å². The average molecular weight is 456 g/mol. The van der Waals surface area contributed by atoms with Crippen LogP contribution in [-0.2, 0) is 32.2 Å². The molecule has 1 atom stereocenters. The lowest BCUT2D eigenvalue weighted by molar-refractivity contribution is -0.123. The molecule has 176 valence electrons. The predicted octanol–water partition coefficient (Wildman–Crippen LogP) is 1.09. The van der Waals surface area contributed by atoms with Crippen LogP contribution in [0.1, 0.15) is 24.0 Å². The second-order valence-electron chi connectivity index (χ2n) is 7.61. The van der Waals surface area contributed by atoms with Crippen molar-refractivity contribution in [2.45, 2.75) is 32.0 Å². The minimum Gasteiger partial charge on any atom is -0.445 e. The lowest BCUT2D eigenvalue weighted by atomic mass is 10.1. The van der Waals surface area contributed by atoms with E-state index < -0.39 is 23.9 Å². The number of hydrogen-bond donors (Lipinski definition) is 3. The monoisotopic (exact) mass is 455 g/mol. The van der Waals surface area contributed by atoms with Crippen LogP contribution in [0.25, 0.3) is 0 Å². The van der Waals surface area contributed by atoms with E-state index in [1.165, 1.54) is 0 Å². The number of pyridine rings is 1. The van der Waals surface area contributed by atoms with Gasteiger partial charge in [-0.05, 0) is 23.6 Å². The van der Waals surface area contributed by atoms with Gasteiger partial charge < -0.3 is 30.7 Å². The minimum absolute atomic E-state index is 0.0488. The van der Waals surface area contributed by atoms with Crippen molar-refractivity contribution in [3.05, 3.63) is 59.8 Å². The van der Waals surface area contributed by atoms with Crippen LogP contribution in [0, 0.1) is 0 Å². The third-order valence-corrected chi connectivity index (χ3v) is 5.11. The van der Waals surface area contributed by atoms with Gasteiger partial charge in [-0.2, -0.15) is 0 Å². The molecule has 1 fully saturated rings. The van der Waals surface area contributed by atoms with Crippen LogP contribution < -0.4 is 21.3 Å². The number of anilines is 1. The fourth-order valence-electron chi connectivity index (χ4n) is 3.28. The molecule has 2 heterocycles. The summed E-state index contributed by atoms with van der Waals surface area (Å²) in [5.41, 5.74) is 6.84. The Morgan fingerprint density at radius 3 is 2.52 bits per heavy atom. The molecule has 10 heteroatoms. The Labute approximate surface area is 192 Å². The highest BCUT2D eigenvalue weighted by atomic mass is 16.5. The third-order valence-electron chi connectivity index (χ3n) is 5.11. The summed E-state index contributed by atoms with van der Waals surface area (Å²) in [7, 11) is 0.